The number of hydrogen-bond acceptors (Lipinski definition) is 3. The van der Waals surface area contributed by atoms with Crippen molar-refractivity contribution in [2.24, 2.45) is 0 Å². The fraction of sp³-hybridized carbons (Fsp3) is 0.692. The first-order chi connectivity index (χ1) is 8.22. The van der Waals surface area contributed by atoms with E-state index in [1.807, 2.05) is 6.92 Å². The fourth-order valence-corrected chi connectivity index (χ4v) is 1.72. The molecule has 0 radical (unpaired) electrons. The fourth-order valence-electron chi connectivity index (χ4n) is 1.72. The van der Waals surface area contributed by atoms with Gasteiger partial charge in [-0.25, -0.2) is 9.78 Å². The number of imidazole rings is 1. The molecule has 1 aromatic rings. The number of aromatic amines is 1. The summed E-state index contributed by atoms with van der Waals surface area (Å²) >= 11 is 0. The molecule has 1 rings (SSSR count). The van der Waals surface area contributed by atoms with Gasteiger partial charge in [0.25, 0.3) is 0 Å². The molecule has 96 valence electrons. The number of aryl methyl sites for hydroxylation is 2. The molecule has 1 heterocycles. The summed E-state index contributed by atoms with van der Waals surface area (Å²) in [4.78, 5) is 19.3. The van der Waals surface area contributed by atoms with Gasteiger partial charge in [0.15, 0.2) is 0 Å². The Hall–Kier alpha value is -1.32. The molecule has 0 spiro atoms. The SMILES string of the molecule is CCCCc1nc(CCC)c(C(=O)OCC)[nH]1. The van der Waals surface area contributed by atoms with Gasteiger partial charge in [0, 0.05) is 6.42 Å². The van der Waals surface area contributed by atoms with E-state index in [1.54, 1.807) is 0 Å². The molecular formula is C13H22N2O2. The molecule has 0 saturated carbocycles. The number of nitrogens with one attached hydrogen (secondary N) is 1. The summed E-state index contributed by atoms with van der Waals surface area (Å²) in [6.45, 7) is 6.43. The zero-order valence-corrected chi connectivity index (χ0v) is 11.0. The molecule has 0 unspecified atom stereocenters. The minimum absolute atomic E-state index is 0.286. The Kier molecular flexibility index (Phi) is 5.73. The normalized spacial score (nSPS) is 10.5. The molecule has 0 fully saturated rings. The molecule has 0 aliphatic heterocycles. The van der Waals surface area contributed by atoms with Crippen molar-refractivity contribution in [3.63, 3.8) is 0 Å². The molecule has 0 aliphatic rings. The van der Waals surface area contributed by atoms with E-state index in [4.69, 9.17) is 4.74 Å². The van der Waals surface area contributed by atoms with Crippen LogP contribution in [0.2, 0.25) is 0 Å². The Morgan fingerprint density at radius 2 is 2.00 bits per heavy atom. The molecule has 0 aromatic carbocycles. The Morgan fingerprint density at radius 3 is 2.59 bits per heavy atom. The Bertz CT molecular complexity index is 358. The average molecular weight is 238 g/mol. The third kappa shape index (κ3) is 3.88. The quantitative estimate of drug-likeness (QED) is 0.743. The number of hydrogen-bond donors (Lipinski definition) is 1. The summed E-state index contributed by atoms with van der Waals surface area (Å²) in [7, 11) is 0. The number of aromatic nitrogens is 2. The van der Waals surface area contributed by atoms with Crippen molar-refractivity contribution in [2.75, 3.05) is 6.61 Å². The maximum absolute atomic E-state index is 11.7. The van der Waals surface area contributed by atoms with Gasteiger partial charge < -0.3 is 9.72 Å². The molecule has 4 heteroatoms. The number of esters is 1. The van der Waals surface area contributed by atoms with Crippen LogP contribution < -0.4 is 0 Å². The van der Waals surface area contributed by atoms with Crippen molar-refractivity contribution < 1.29 is 9.53 Å². The van der Waals surface area contributed by atoms with Crippen molar-refractivity contribution in [1.82, 2.24) is 9.97 Å². The first kappa shape index (κ1) is 13.7. The molecule has 17 heavy (non-hydrogen) atoms. The molecular weight excluding hydrogens is 216 g/mol. The number of H-pyrrole nitrogens is 1. The lowest BCUT2D eigenvalue weighted by Gasteiger charge is -2.00. The zero-order valence-electron chi connectivity index (χ0n) is 11.0. The van der Waals surface area contributed by atoms with Crippen LogP contribution in [0.15, 0.2) is 0 Å². The van der Waals surface area contributed by atoms with Gasteiger partial charge in [0.2, 0.25) is 0 Å². The third-order valence-corrected chi connectivity index (χ3v) is 2.56. The van der Waals surface area contributed by atoms with Gasteiger partial charge in [-0.15, -0.1) is 0 Å². The summed E-state index contributed by atoms with van der Waals surface area (Å²) in [6.07, 6.45) is 4.90. The predicted molar refractivity (Wildman–Crippen MR) is 67.2 cm³/mol. The van der Waals surface area contributed by atoms with E-state index in [2.05, 4.69) is 23.8 Å². The number of carbonyl (C=O) groups excluding carboxylic acids is 1. The Labute approximate surface area is 103 Å². The van der Waals surface area contributed by atoms with Gasteiger partial charge in [-0.1, -0.05) is 26.7 Å². The van der Waals surface area contributed by atoms with Crippen LogP contribution in [0.5, 0.6) is 0 Å². The van der Waals surface area contributed by atoms with Gasteiger partial charge in [0.1, 0.15) is 11.5 Å². The second kappa shape index (κ2) is 7.09. The minimum atomic E-state index is -0.286. The number of ether oxygens (including phenoxy) is 1. The number of rotatable bonds is 7. The maximum Gasteiger partial charge on any atom is 0.356 e. The summed E-state index contributed by atoms with van der Waals surface area (Å²) < 4.78 is 5.02. The van der Waals surface area contributed by atoms with E-state index in [-0.39, 0.29) is 5.97 Å². The van der Waals surface area contributed by atoms with E-state index in [9.17, 15) is 4.79 Å². The molecule has 1 aromatic heterocycles. The van der Waals surface area contributed by atoms with E-state index < -0.39 is 0 Å². The lowest BCUT2D eigenvalue weighted by Crippen LogP contribution is -2.08. The van der Waals surface area contributed by atoms with Crippen molar-refractivity contribution in [1.29, 1.82) is 0 Å². The maximum atomic E-state index is 11.7. The minimum Gasteiger partial charge on any atom is -0.461 e. The molecule has 0 bridgehead atoms. The van der Waals surface area contributed by atoms with Gasteiger partial charge >= 0.3 is 5.97 Å². The van der Waals surface area contributed by atoms with E-state index >= 15 is 0 Å². The Balaban J connectivity index is 2.84. The highest BCUT2D eigenvalue weighted by Crippen LogP contribution is 2.12. The Morgan fingerprint density at radius 1 is 1.24 bits per heavy atom. The van der Waals surface area contributed by atoms with Gasteiger partial charge in [0.05, 0.1) is 12.3 Å². The molecule has 1 N–H and O–H groups in total. The second-order valence-electron chi connectivity index (χ2n) is 4.08. The van der Waals surface area contributed by atoms with Crippen LogP contribution in [-0.2, 0) is 17.6 Å². The third-order valence-electron chi connectivity index (χ3n) is 2.56. The molecule has 4 nitrogen and oxygen atoms in total. The zero-order chi connectivity index (χ0) is 12.7. The summed E-state index contributed by atoms with van der Waals surface area (Å²) in [6, 6.07) is 0. The molecule has 0 amide bonds. The molecule has 0 aliphatic carbocycles. The van der Waals surface area contributed by atoms with Crippen molar-refractivity contribution in [2.45, 2.75) is 52.9 Å². The topological polar surface area (TPSA) is 55.0 Å². The van der Waals surface area contributed by atoms with Crippen molar-refractivity contribution in [3.8, 4) is 0 Å². The van der Waals surface area contributed by atoms with E-state index in [1.165, 1.54) is 0 Å². The largest absolute Gasteiger partial charge is 0.461 e. The van der Waals surface area contributed by atoms with E-state index in [0.29, 0.717) is 12.3 Å². The number of nitrogens with zero attached hydrogens (tertiary/aromatic N) is 1. The van der Waals surface area contributed by atoms with Crippen LogP contribution >= 0.6 is 0 Å². The number of unbranched alkanes of at least 4 members (excludes halogenated alkanes) is 1. The summed E-state index contributed by atoms with van der Waals surface area (Å²) in [5.74, 6) is 0.615. The van der Waals surface area contributed by atoms with Gasteiger partial charge in [-0.2, -0.15) is 0 Å². The molecule has 0 saturated heterocycles. The van der Waals surface area contributed by atoms with Crippen LogP contribution in [0.1, 0.15) is 62.0 Å². The highest BCUT2D eigenvalue weighted by atomic mass is 16.5. The highest BCUT2D eigenvalue weighted by molar-refractivity contribution is 5.88. The van der Waals surface area contributed by atoms with Gasteiger partial charge in [-0.3, -0.25) is 0 Å². The average Bonchev–Trinajstić information content (AvgIpc) is 2.70. The van der Waals surface area contributed by atoms with Crippen LogP contribution in [-0.4, -0.2) is 22.5 Å². The first-order valence-electron chi connectivity index (χ1n) is 6.47. The lowest BCUT2D eigenvalue weighted by atomic mass is 10.2. The van der Waals surface area contributed by atoms with Crippen molar-refractivity contribution in [3.05, 3.63) is 17.2 Å². The van der Waals surface area contributed by atoms with Crippen LogP contribution in [0, 0.1) is 0 Å². The van der Waals surface area contributed by atoms with Crippen LogP contribution in [0.4, 0.5) is 0 Å². The molecule has 0 atom stereocenters. The highest BCUT2D eigenvalue weighted by Gasteiger charge is 2.17. The summed E-state index contributed by atoms with van der Waals surface area (Å²) in [5.41, 5.74) is 1.39. The smallest absolute Gasteiger partial charge is 0.356 e. The summed E-state index contributed by atoms with van der Waals surface area (Å²) in [5, 5.41) is 0. The predicted octanol–water partition coefficient (Wildman–Crippen LogP) is 2.88. The first-order valence-corrected chi connectivity index (χ1v) is 6.47. The number of carbonyl (C=O) groups is 1. The lowest BCUT2D eigenvalue weighted by molar-refractivity contribution is 0.0518. The van der Waals surface area contributed by atoms with Gasteiger partial charge in [-0.05, 0) is 19.8 Å². The van der Waals surface area contributed by atoms with Crippen molar-refractivity contribution >= 4 is 5.97 Å². The monoisotopic (exact) mass is 238 g/mol. The van der Waals surface area contributed by atoms with Crippen LogP contribution in [0.3, 0.4) is 0 Å². The second-order valence-corrected chi connectivity index (χ2v) is 4.08. The van der Waals surface area contributed by atoms with Crippen LogP contribution in [0.25, 0.3) is 0 Å². The standard InChI is InChI=1S/C13H22N2O2/c1-4-7-9-11-14-10(8-5-2)12(15-11)13(16)17-6-3/h4-9H2,1-3H3,(H,14,15). The van der Waals surface area contributed by atoms with E-state index in [0.717, 1.165) is 43.6 Å².